The molecule has 0 spiro atoms. The highest BCUT2D eigenvalue weighted by molar-refractivity contribution is 5.97. The fraction of sp³-hybridized carbons (Fsp3) is 0.238. The second kappa shape index (κ2) is 9.88. The average Bonchev–Trinajstić information content (AvgIpc) is 2.70. The summed E-state index contributed by atoms with van der Waals surface area (Å²) < 4.78 is 10.5. The van der Waals surface area contributed by atoms with Crippen LogP contribution in [0.4, 0.5) is 5.69 Å². The first-order valence-corrected chi connectivity index (χ1v) is 8.61. The number of carbonyl (C=O) groups excluding carboxylic acids is 1. The Hall–Kier alpha value is -3.46. The van der Waals surface area contributed by atoms with Crippen molar-refractivity contribution < 1.29 is 14.3 Å². The third kappa shape index (κ3) is 5.79. The molecule has 0 bridgehead atoms. The lowest BCUT2D eigenvalue weighted by Crippen LogP contribution is -2.28. The van der Waals surface area contributed by atoms with E-state index in [4.69, 9.17) is 9.47 Å². The number of carbonyl (C=O) groups is 1. The molecule has 2 N–H and O–H groups in total. The molecule has 0 saturated heterocycles. The molecule has 6 heteroatoms. The fourth-order valence-electron chi connectivity index (χ4n) is 2.37. The van der Waals surface area contributed by atoms with Crippen molar-refractivity contribution in [3.63, 3.8) is 0 Å². The Kier molecular flexibility index (Phi) is 7.26. The number of benzene rings is 2. The van der Waals surface area contributed by atoms with E-state index in [0.29, 0.717) is 6.61 Å². The second-order valence-electron chi connectivity index (χ2n) is 5.74. The number of nitrogens with one attached hydrogen (secondary N) is 2. The zero-order valence-corrected chi connectivity index (χ0v) is 15.7. The first kappa shape index (κ1) is 19.9. The molecule has 2 rings (SSSR count). The Morgan fingerprint density at radius 1 is 1.15 bits per heavy atom. The number of ether oxygens (including phenoxy) is 2. The van der Waals surface area contributed by atoms with Crippen LogP contribution in [-0.2, 0) is 4.79 Å². The SMILES string of the molecule is CCOc1ccc(N/C=C(/C#N)C(=O)NC(C)c2ccc(OC)cc2)cc1. The Morgan fingerprint density at radius 2 is 1.78 bits per heavy atom. The van der Waals surface area contributed by atoms with Crippen LogP contribution in [-0.4, -0.2) is 19.6 Å². The number of nitrogens with zero attached hydrogens (tertiary/aromatic N) is 1. The Balaban J connectivity index is 1.99. The maximum Gasteiger partial charge on any atom is 0.263 e. The molecule has 0 aliphatic rings. The highest BCUT2D eigenvalue weighted by atomic mass is 16.5. The molecule has 0 aliphatic heterocycles. The number of anilines is 1. The van der Waals surface area contributed by atoms with Crippen LogP contribution >= 0.6 is 0 Å². The molecule has 1 unspecified atom stereocenters. The predicted octanol–water partition coefficient (Wildman–Crippen LogP) is 3.79. The van der Waals surface area contributed by atoms with Gasteiger partial charge in [0.25, 0.3) is 5.91 Å². The average molecular weight is 365 g/mol. The normalized spacial score (nSPS) is 11.9. The first-order valence-electron chi connectivity index (χ1n) is 8.61. The van der Waals surface area contributed by atoms with E-state index in [-0.39, 0.29) is 11.6 Å². The van der Waals surface area contributed by atoms with E-state index < -0.39 is 5.91 Å². The molecule has 2 aromatic carbocycles. The second-order valence-corrected chi connectivity index (χ2v) is 5.74. The van der Waals surface area contributed by atoms with Crippen LogP contribution in [0.2, 0.25) is 0 Å². The van der Waals surface area contributed by atoms with Gasteiger partial charge in [0.2, 0.25) is 0 Å². The van der Waals surface area contributed by atoms with Gasteiger partial charge in [0.15, 0.2) is 0 Å². The maximum atomic E-state index is 12.4. The van der Waals surface area contributed by atoms with E-state index in [0.717, 1.165) is 22.7 Å². The highest BCUT2D eigenvalue weighted by Crippen LogP contribution is 2.18. The van der Waals surface area contributed by atoms with Gasteiger partial charge in [0.1, 0.15) is 23.1 Å². The van der Waals surface area contributed by atoms with Gasteiger partial charge in [0, 0.05) is 11.9 Å². The summed E-state index contributed by atoms with van der Waals surface area (Å²) in [5.41, 5.74) is 1.66. The van der Waals surface area contributed by atoms with Gasteiger partial charge in [-0.3, -0.25) is 4.79 Å². The summed E-state index contributed by atoms with van der Waals surface area (Å²) in [4.78, 5) is 12.4. The van der Waals surface area contributed by atoms with Crippen LogP contribution in [0.25, 0.3) is 0 Å². The van der Waals surface area contributed by atoms with Crippen molar-refractivity contribution in [1.29, 1.82) is 5.26 Å². The molecule has 1 amide bonds. The smallest absolute Gasteiger partial charge is 0.263 e. The molecular formula is C21H23N3O3. The summed E-state index contributed by atoms with van der Waals surface area (Å²) >= 11 is 0. The molecule has 0 saturated carbocycles. The summed E-state index contributed by atoms with van der Waals surface area (Å²) in [7, 11) is 1.60. The van der Waals surface area contributed by atoms with E-state index in [1.54, 1.807) is 7.11 Å². The van der Waals surface area contributed by atoms with Gasteiger partial charge in [-0.15, -0.1) is 0 Å². The minimum absolute atomic E-state index is 0.00996. The Bertz CT molecular complexity index is 821. The summed E-state index contributed by atoms with van der Waals surface area (Å²) in [6.45, 7) is 4.37. The summed E-state index contributed by atoms with van der Waals surface area (Å²) in [5, 5.41) is 15.1. The zero-order chi connectivity index (χ0) is 19.6. The van der Waals surface area contributed by atoms with Crippen molar-refractivity contribution in [3.8, 4) is 17.6 Å². The molecule has 0 heterocycles. The molecule has 0 fully saturated rings. The summed E-state index contributed by atoms with van der Waals surface area (Å²) in [6.07, 6.45) is 1.39. The minimum Gasteiger partial charge on any atom is -0.497 e. The van der Waals surface area contributed by atoms with Crippen LogP contribution in [0.5, 0.6) is 11.5 Å². The first-order chi connectivity index (χ1) is 13.1. The third-order valence-electron chi connectivity index (χ3n) is 3.88. The van der Waals surface area contributed by atoms with Gasteiger partial charge in [-0.1, -0.05) is 12.1 Å². The lowest BCUT2D eigenvalue weighted by atomic mass is 10.1. The quantitative estimate of drug-likeness (QED) is 0.549. The number of methoxy groups -OCH3 is 1. The lowest BCUT2D eigenvalue weighted by molar-refractivity contribution is -0.117. The van der Waals surface area contributed by atoms with Gasteiger partial charge in [0.05, 0.1) is 19.8 Å². The highest BCUT2D eigenvalue weighted by Gasteiger charge is 2.13. The van der Waals surface area contributed by atoms with E-state index in [2.05, 4.69) is 10.6 Å². The molecule has 0 aliphatic carbocycles. The number of hydrogen-bond donors (Lipinski definition) is 2. The fourth-order valence-corrected chi connectivity index (χ4v) is 2.37. The summed E-state index contributed by atoms with van der Waals surface area (Å²) in [5.74, 6) is 1.06. The van der Waals surface area contributed by atoms with Crippen molar-refractivity contribution >= 4 is 11.6 Å². The van der Waals surface area contributed by atoms with Crippen LogP contribution in [0.3, 0.4) is 0 Å². The van der Waals surface area contributed by atoms with Crippen molar-refractivity contribution in [2.45, 2.75) is 19.9 Å². The molecular weight excluding hydrogens is 342 g/mol. The topological polar surface area (TPSA) is 83.4 Å². The third-order valence-corrected chi connectivity index (χ3v) is 3.88. The van der Waals surface area contributed by atoms with E-state index in [1.165, 1.54) is 6.20 Å². The van der Waals surface area contributed by atoms with Crippen LogP contribution in [0, 0.1) is 11.3 Å². The molecule has 27 heavy (non-hydrogen) atoms. The number of rotatable bonds is 8. The van der Waals surface area contributed by atoms with E-state index >= 15 is 0 Å². The number of nitriles is 1. The van der Waals surface area contributed by atoms with Gasteiger partial charge >= 0.3 is 0 Å². The van der Waals surface area contributed by atoms with E-state index in [1.807, 2.05) is 68.4 Å². The van der Waals surface area contributed by atoms with Crippen molar-refractivity contribution in [2.24, 2.45) is 0 Å². The van der Waals surface area contributed by atoms with Gasteiger partial charge in [-0.05, 0) is 55.8 Å². The van der Waals surface area contributed by atoms with Crippen molar-refractivity contribution in [1.82, 2.24) is 5.32 Å². The Morgan fingerprint density at radius 3 is 2.33 bits per heavy atom. The molecule has 0 aromatic heterocycles. The molecule has 0 radical (unpaired) electrons. The number of amides is 1. The van der Waals surface area contributed by atoms with Crippen molar-refractivity contribution in [2.75, 3.05) is 19.0 Å². The van der Waals surface area contributed by atoms with Crippen LogP contribution in [0.1, 0.15) is 25.5 Å². The van der Waals surface area contributed by atoms with Crippen molar-refractivity contribution in [3.05, 3.63) is 65.9 Å². The van der Waals surface area contributed by atoms with Gasteiger partial charge in [-0.2, -0.15) is 5.26 Å². The molecule has 140 valence electrons. The summed E-state index contributed by atoms with van der Waals surface area (Å²) in [6, 6.07) is 16.3. The van der Waals surface area contributed by atoms with Gasteiger partial charge < -0.3 is 20.1 Å². The maximum absolute atomic E-state index is 12.4. The lowest BCUT2D eigenvalue weighted by Gasteiger charge is -2.14. The largest absolute Gasteiger partial charge is 0.497 e. The zero-order valence-electron chi connectivity index (χ0n) is 15.7. The van der Waals surface area contributed by atoms with E-state index in [9.17, 15) is 10.1 Å². The van der Waals surface area contributed by atoms with Gasteiger partial charge in [-0.25, -0.2) is 0 Å². The molecule has 2 aromatic rings. The minimum atomic E-state index is -0.445. The standard InChI is InChI=1S/C21H23N3O3/c1-4-27-20-11-7-18(8-12-20)23-14-17(13-22)21(25)24-15(2)16-5-9-19(26-3)10-6-16/h5-12,14-15,23H,4H2,1-3H3,(H,24,25)/b17-14-. The predicted molar refractivity (Wildman–Crippen MR) is 104 cm³/mol. The number of hydrogen-bond acceptors (Lipinski definition) is 5. The Labute approximate surface area is 159 Å². The molecule has 1 atom stereocenters. The monoisotopic (exact) mass is 365 g/mol. The molecule has 6 nitrogen and oxygen atoms in total. The van der Waals surface area contributed by atoms with Crippen LogP contribution < -0.4 is 20.1 Å². The van der Waals surface area contributed by atoms with Crippen LogP contribution in [0.15, 0.2) is 60.3 Å².